The number of rotatable bonds is 6. The Kier molecular flexibility index (Phi) is 5.28. The smallest absolute Gasteiger partial charge is 0.272 e. The number of hydrogen-bond donors (Lipinski definition) is 1. The van der Waals surface area contributed by atoms with E-state index in [0.29, 0.717) is 18.5 Å². The summed E-state index contributed by atoms with van der Waals surface area (Å²) in [7, 11) is 0. The van der Waals surface area contributed by atoms with Crippen LogP contribution < -0.4 is 5.32 Å². The van der Waals surface area contributed by atoms with E-state index in [9.17, 15) is 10.1 Å². The molecule has 100 valence electrons. The van der Waals surface area contributed by atoms with Crippen LogP contribution >= 0.6 is 0 Å². The molecule has 0 radical (unpaired) electrons. The molecule has 0 aliphatic rings. The standard InChI is InChI=1S/C14H22N2O2/c1-10(2)8-11(3)15-9-13-6-5-7-14(12(13)4)16(17)18/h5-7,10-11,15H,8-9H2,1-4H3. The Bertz CT molecular complexity index is 416. The van der Waals surface area contributed by atoms with Gasteiger partial charge in [0, 0.05) is 24.2 Å². The van der Waals surface area contributed by atoms with Crippen molar-refractivity contribution >= 4 is 5.69 Å². The maximum absolute atomic E-state index is 10.8. The number of nitrogens with zero attached hydrogens (tertiary/aromatic N) is 1. The lowest BCUT2D eigenvalue weighted by Crippen LogP contribution is -2.27. The molecule has 0 aliphatic heterocycles. The third-order valence-corrected chi connectivity index (χ3v) is 3.08. The predicted molar refractivity (Wildman–Crippen MR) is 73.6 cm³/mol. The van der Waals surface area contributed by atoms with Crippen LogP contribution in [-0.4, -0.2) is 11.0 Å². The minimum Gasteiger partial charge on any atom is -0.310 e. The molecule has 0 aromatic heterocycles. The lowest BCUT2D eigenvalue weighted by atomic mass is 10.0. The lowest BCUT2D eigenvalue weighted by molar-refractivity contribution is -0.385. The van der Waals surface area contributed by atoms with Crippen LogP contribution in [0.5, 0.6) is 0 Å². The fourth-order valence-electron chi connectivity index (χ4n) is 2.13. The first-order valence-electron chi connectivity index (χ1n) is 6.38. The van der Waals surface area contributed by atoms with Crippen molar-refractivity contribution in [3.63, 3.8) is 0 Å². The quantitative estimate of drug-likeness (QED) is 0.621. The molecular formula is C14H22N2O2. The van der Waals surface area contributed by atoms with E-state index in [0.717, 1.165) is 17.5 Å². The highest BCUT2D eigenvalue weighted by molar-refractivity contribution is 5.44. The highest BCUT2D eigenvalue weighted by Gasteiger charge is 2.13. The minimum absolute atomic E-state index is 0.200. The minimum atomic E-state index is -0.323. The molecule has 1 rings (SSSR count). The van der Waals surface area contributed by atoms with Gasteiger partial charge in [-0.3, -0.25) is 10.1 Å². The van der Waals surface area contributed by atoms with Gasteiger partial charge in [-0.15, -0.1) is 0 Å². The molecule has 0 saturated heterocycles. The molecule has 0 aliphatic carbocycles. The summed E-state index contributed by atoms with van der Waals surface area (Å²) in [6.45, 7) is 9.02. The number of hydrogen-bond acceptors (Lipinski definition) is 3. The number of nitro groups is 1. The molecule has 0 spiro atoms. The first kappa shape index (κ1) is 14.6. The third kappa shape index (κ3) is 4.11. The molecule has 18 heavy (non-hydrogen) atoms. The van der Waals surface area contributed by atoms with Crippen LogP contribution in [-0.2, 0) is 6.54 Å². The zero-order valence-electron chi connectivity index (χ0n) is 11.6. The first-order chi connectivity index (χ1) is 8.41. The molecule has 1 unspecified atom stereocenters. The molecule has 0 bridgehead atoms. The number of nitrogens with one attached hydrogen (secondary N) is 1. The molecule has 0 amide bonds. The second-order valence-electron chi connectivity index (χ2n) is 5.23. The Labute approximate surface area is 109 Å². The van der Waals surface area contributed by atoms with Crippen LogP contribution in [0.3, 0.4) is 0 Å². The zero-order chi connectivity index (χ0) is 13.7. The average Bonchev–Trinajstić information content (AvgIpc) is 2.26. The van der Waals surface area contributed by atoms with Gasteiger partial charge in [0.25, 0.3) is 5.69 Å². The maximum Gasteiger partial charge on any atom is 0.272 e. The average molecular weight is 250 g/mol. The summed E-state index contributed by atoms with van der Waals surface area (Å²) >= 11 is 0. The first-order valence-corrected chi connectivity index (χ1v) is 6.38. The van der Waals surface area contributed by atoms with Crippen molar-refractivity contribution in [3.8, 4) is 0 Å². The van der Waals surface area contributed by atoms with Crippen molar-refractivity contribution in [1.29, 1.82) is 0 Å². The van der Waals surface area contributed by atoms with E-state index in [1.807, 2.05) is 13.0 Å². The van der Waals surface area contributed by atoms with E-state index in [4.69, 9.17) is 0 Å². The van der Waals surface area contributed by atoms with Gasteiger partial charge in [0.2, 0.25) is 0 Å². The van der Waals surface area contributed by atoms with Crippen LogP contribution in [0.25, 0.3) is 0 Å². The van der Waals surface area contributed by atoms with Gasteiger partial charge < -0.3 is 5.32 Å². The SMILES string of the molecule is Cc1c(CNC(C)CC(C)C)cccc1[N+](=O)[O-]. The molecule has 1 aromatic rings. The van der Waals surface area contributed by atoms with Crippen LogP contribution in [0.1, 0.15) is 38.3 Å². The molecule has 0 fully saturated rings. The largest absolute Gasteiger partial charge is 0.310 e. The Morgan fingerprint density at radius 2 is 2.00 bits per heavy atom. The fraction of sp³-hybridized carbons (Fsp3) is 0.571. The zero-order valence-corrected chi connectivity index (χ0v) is 11.6. The van der Waals surface area contributed by atoms with E-state index >= 15 is 0 Å². The van der Waals surface area contributed by atoms with E-state index < -0.39 is 0 Å². The summed E-state index contributed by atoms with van der Waals surface area (Å²) in [5.41, 5.74) is 1.96. The van der Waals surface area contributed by atoms with Crippen LogP contribution in [0.2, 0.25) is 0 Å². The molecule has 4 heteroatoms. The van der Waals surface area contributed by atoms with Gasteiger partial charge in [-0.2, -0.15) is 0 Å². The van der Waals surface area contributed by atoms with Crippen molar-refractivity contribution in [1.82, 2.24) is 5.32 Å². The Balaban J connectivity index is 2.68. The summed E-state index contributed by atoms with van der Waals surface area (Å²) in [6, 6.07) is 5.66. The summed E-state index contributed by atoms with van der Waals surface area (Å²) in [5.74, 6) is 0.652. The van der Waals surface area contributed by atoms with Gasteiger partial charge in [-0.1, -0.05) is 26.0 Å². The highest BCUT2D eigenvalue weighted by Crippen LogP contribution is 2.21. The Morgan fingerprint density at radius 3 is 2.56 bits per heavy atom. The van der Waals surface area contributed by atoms with Gasteiger partial charge in [-0.25, -0.2) is 0 Å². The van der Waals surface area contributed by atoms with Crippen molar-refractivity contribution < 1.29 is 4.92 Å². The summed E-state index contributed by atoms with van der Waals surface area (Å²) in [5, 5.41) is 14.3. The highest BCUT2D eigenvalue weighted by atomic mass is 16.6. The van der Waals surface area contributed by atoms with Crippen LogP contribution in [0, 0.1) is 23.0 Å². The van der Waals surface area contributed by atoms with Gasteiger partial charge in [0.15, 0.2) is 0 Å². The second-order valence-corrected chi connectivity index (χ2v) is 5.23. The molecule has 0 saturated carbocycles. The van der Waals surface area contributed by atoms with Gasteiger partial charge in [0.1, 0.15) is 0 Å². The number of benzene rings is 1. The molecule has 1 N–H and O–H groups in total. The molecule has 4 nitrogen and oxygen atoms in total. The molecule has 1 aromatic carbocycles. The Morgan fingerprint density at radius 1 is 1.33 bits per heavy atom. The van der Waals surface area contributed by atoms with Crippen molar-refractivity contribution in [3.05, 3.63) is 39.4 Å². The normalized spacial score (nSPS) is 12.7. The second kappa shape index (κ2) is 6.50. The summed E-state index contributed by atoms with van der Waals surface area (Å²) < 4.78 is 0. The number of nitro benzene ring substituents is 1. The van der Waals surface area contributed by atoms with Crippen LogP contribution in [0.15, 0.2) is 18.2 Å². The summed E-state index contributed by atoms with van der Waals surface area (Å²) in [6.07, 6.45) is 1.11. The topological polar surface area (TPSA) is 55.2 Å². The lowest BCUT2D eigenvalue weighted by Gasteiger charge is -2.16. The van der Waals surface area contributed by atoms with Crippen molar-refractivity contribution in [2.45, 2.75) is 46.7 Å². The molecule has 1 atom stereocenters. The van der Waals surface area contributed by atoms with Crippen molar-refractivity contribution in [2.24, 2.45) is 5.92 Å². The summed E-state index contributed by atoms with van der Waals surface area (Å²) in [4.78, 5) is 10.5. The third-order valence-electron chi connectivity index (χ3n) is 3.08. The van der Waals surface area contributed by atoms with E-state index in [2.05, 4.69) is 26.1 Å². The van der Waals surface area contributed by atoms with Gasteiger partial charge in [0.05, 0.1) is 4.92 Å². The van der Waals surface area contributed by atoms with E-state index in [1.165, 1.54) is 0 Å². The molecular weight excluding hydrogens is 228 g/mol. The monoisotopic (exact) mass is 250 g/mol. The fourth-order valence-corrected chi connectivity index (χ4v) is 2.13. The predicted octanol–water partition coefficient (Wildman–Crippen LogP) is 3.43. The van der Waals surface area contributed by atoms with Crippen LogP contribution in [0.4, 0.5) is 5.69 Å². The van der Waals surface area contributed by atoms with E-state index in [1.54, 1.807) is 12.1 Å². The Hall–Kier alpha value is -1.42. The van der Waals surface area contributed by atoms with Gasteiger partial charge in [-0.05, 0) is 31.7 Å². The van der Waals surface area contributed by atoms with Crippen molar-refractivity contribution in [2.75, 3.05) is 0 Å². The maximum atomic E-state index is 10.8. The van der Waals surface area contributed by atoms with E-state index in [-0.39, 0.29) is 10.6 Å². The molecule has 0 heterocycles. The van der Waals surface area contributed by atoms with Gasteiger partial charge >= 0.3 is 0 Å².